The summed E-state index contributed by atoms with van der Waals surface area (Å²) >= 11 is 0. The van der Waals surface area contributed by atoms with Crippen LogP contribution in [0.5, 0.6) is 0 Å². The Labute approximate surface area is 135 Å². The molecule has 1 fully saturated rings. The number of anilines is 1. The maximum Gasteiger partial charge on any atom is 0.245 e. The lowest BCUT2D eigenvalue weighted by atomic mass is 10.0. The fourth-order valence-corrected chi connectivity index (χ4v) is 2.82. The van der Waals surface area contributed by atoms with Gasteiger partial charge in [0, 0.05) is 31.5 Å². The van der Waals surface area contributed by atoms with E-state index in [1.807, 2.05) is 41.6 Å². The van der Waals surface area contributed by atoms with E-state index in [0.29, 0.717) is 6.04 Å². The number of aryl methyl sites for hydroxylation is 1. The van der Waals surface area contributed by atoms with Crippen molar-refractivity contribution in [1.82, 2.24) is 24.6 Å². The second-order valence-corrected chi connectivity index (χ2v) is 5.99. The summed E-state index contributed by atoms with van der Waals surface area (Å²) in [5.74, 6) is 0.948. The molecule has 0 radical (unpaired) electrons. The van der Waals surface area contributed by atoms with E-state index >= 15 is 0 Å². The lowest BCUT2D eigenvalue weighted by molar-refractivity contribution is -0.135. The standard InChI is InChI=1S/C16H22N6O/c1-12-3-4-15(20-19-12)18-14-5-8-21(9-6-14)16(23)13(2)22-10-7-17-11-22/h3-4,7,10-11,13-14H,5-6,8-9H2,1-2H3,(H,18,20)/t13-/m0/s1. The van der Waals surface area contributed by atoms with Crippen LogP contribution in [-0.2, 0) is 4.79 Å². The molecule has 23 heavy (non-hydrogen) atoms. The minimum atomic E-state index is -0.204. The molecule has 1 atom stereocenters. The molecule has 7 nitrogen and oxygen atoms in total. The number of amides is 1. The third-order valence-corrected chi connectivity index (χ3v) is 4.29. The number of likely N-dealkylation sites (tertiary alicyclic amines) is 1. The topological polar surface area (TPSA) is 75.9 Å². The number of carbonyl (C=O) groups excluding carboxylic acids is 1. The molecule has 1 amide bonds. The smallest absolute Gasteiger partial charge is 0.245 e. The Hall–Kier alpha value is -2.44. The van der Waals surface area contributed by atoms with Crippen molar-refractivity contribution in [3.05, 3.63) is 36.5 Å². The summed E-state index contributed by atoms with van der Waals surface area (Å²) in [5, 5.41) is 11.6. The van der Waals surface area contributed by atoms with Crippen LogP contribution >= 0.6 is 0 Å². The average molecular weight is 314 g/mol. The fraction of sp³-hybridized carbons (Fsp3) is 0.500. The van der Waals surface area contributed by atoms with Crippen LogP contribution in [0.3, 0.4) is 0 Å². The van der Waals surface area contributed by atoms with Crippen molar-refractivity contribution in [3.63, 3.8) is 0 Å². The number of piperidine rings is 1. The quantitative estimate of drug-likeness (QED) is 0.928. The van der Waals surface area contributed by atoms with Crippen molar-refractivity contribution in [1.29, 1.82) is 0 Å². The minimum Gasteiger partial charge on any atom is -0.366 e. The summed E-state index contributed by atoms with van der Waals surface area (Å²) in [5.41, 5.74) is 0.907. The maximum atomic E-state index is 12.5. The first-order valence-corrected chi connectivity index (χ1v) is 7.96. The molecule has 0 aliphatic carbocycles. The van der Waals surface area contributed by atoms with Crippen LogP contribution in [0.4, 0.5) is 5.82 Å². The highest BCUT2D eigenvalue weighted by Crippen LogP contribution is 2.18. The van der Waals surface area contributed by atoms with Crippen molar-refractivity contribution in [3.8, 4) is 0 Å². The number of rotatable bonds is 4. The first kappa shape index (κ1) is 15.5. The minimum absolute atomic E-state index is 0.150. The predicted octanol–water partition coefficient (Wildman–Crippen LogP) is 1.65. The van der Waals surface area contributed by atoms with Gasteiger partial charge in [0.15, 0.2) is 0 Å². The SMILES string of the molecule is Cc1ccc(NC2CCN(C(=O)[C@H](C)n3ccnc3)CC2)nn1. The van der Waals surface area contributed by atoms with E-state index in [2.05, 4.69) is 20.5 Å². The van der Waals surface area contributed by atoms with E-state index in [1.54, 1.807) is 12.5 Å². The molecule has 0 unspecified atom stereocenters. The van der Waals surface area contributed by atoms with E-state index in [-0.39, 0.29) is 11.9 Å². The molecule has 122 valence electrons. The van der Waals surface area contributed by atoms with Crippen LogP contribution in [-0.4, -0.2) is 49.7 Å². The van der Waals surface area contributed by atoms with Gasteiger partial charge < -0.3 is 14.8 Å². The second-order valence-electron chi connectivity index (χ2n) is 5.99. The lowest BCUT2D eigenvalue weighted by Gasteiger charge is -2.34. The van der Waals surface area contributed by atoms with Crippen LogP contribution in [0.15, 0.2) is 30.9 Å². The second kappa shape index (κ2) is 6.76. The summed E-state index contributed by atoms with van der Waals surface area (Å²) < 4.78 is 1.84. The first-order chi connectivity index (χ1) is 11.1. The van der Waals surface area contributed by atoms with E-state index in [9.17, 15) is 4.79 Å². The molecule has 0 spiro atoms. The van der Waals surface area contributed by atoms with Gasteiger partial charge in [-0.1, -0.05) is 0 Å². The van der Waals surface area contributed by atoms with Crippen molar-refractivity contribution < 1.29 is 4.79 Å². The molecule has 3 heterocycles. The highest BCUT2D eigenvalue weighted by Gasteiger charge is 2.26. The van der Waals surface area contributed by atoms with Gasteiger partial charge in [-0.2, -0.15) is 5.10 Å². The molecule has 0 bridgehead atoms. The molecule has 1 aliphatic heterocycles. The molecule has 2 aromatic rings. The number of nitrogens with zero attached hydrogens (tertiary/aromatic N) is 5. The molecule has 1 aliphatic rings. The number of carbonyl (C=O) groups is 1. The van der Waals surface area contributed by atoms with Crippen molar-refractivity contribution >= 4 is 11.7 Å². The summed E-state index contributed by atoms with van der Waals surface area (Å²) in [6.07, 6.45) is 7.04. The van der Waals surface area contributed by atoms with Gasteiger partial charge in [0.1, 0.15) is 11.9 Å². The summed E-state index contributed by atoms with van der Waals surface area (Å²) in [6.45, 7) is 5.35. The van der Waals surface area contributed by atoms with E-state index in [4.69, 9.17) is 0 Å². The van der Waals surface area contributed by atoms with Crippen molar-refractivity contribution in [2.24, 2.45) is 0 Å². The molecule has 0 saturated carbocycles. The molecular formula is C16H22N6O. The molecule has 1 saturated heterocycles. The fourth-order valence-electron chi connectivity index (χ4n) is 2.82. The number of hydrogen-bond donors (Lipinski definition) is 1. The van der Waals surface area contributed by atoms with Gasteiger partial charge in [-0.15, -0.1) is 5.10 Å². The summed E-state index contributed by atoms with van der Waals surface area (Å²) in [6, 6.07) is 4.02. The largest absolute Gasteiger partial charge is 0.366 e. The third kappa shape index (κ3) is 3.67. The number of aromatic nitrogens is 4. The van der Waals surface area contributed by atoms with Gasteiger partial charge in [-0.25, -0.2) is 4.98 Å². The van der Waals surface area contributed by atoms with Crippen LogP contribution < -0.4 is 5.32 Å². The van der Waals surface area contributed by atoms with Gasteiger partial charge >= 0.3 is 0 Å². The molecule has 1 N–H and O–H groups in total. The molecule has 3 rings (SSSR count). The zero-order valence-electron chi connectivity index (χ0n) is 13.5. The lowest BCUT2D eigenvalue weighted by Crippen LogP contribution is -2.44. The van der Waals surface area contributed by atoms with Crippen LogP contribution in [0, 0.1) is 6.92 Å². The molecular weight excluding hydrogens is 292 g/mol. The summed E-state index contributed by atoms with van der Waals surface area (Å²) in [7, 11) is 0. The Balaban J connectivity index is 1.52. The molecule has 0 aromatic carbocycles. The van der Waals surface area contributed by atoms with E-state index in [0.717, 1.165) is 37.4 Å². The summed E-state index contributed by atoms with van der Waals surface area (Å²) in [4.78, 5) is 18.5. The van der Waals surface area contributed by atoms with Gasteiger partial charge in [0.2, 0.25) is 5.91 Å². The third-order valence-electron chi connectivity index (χ3n) is 4.29. The van der Waals surface area contributed by atoms with Gasteiger partial charge in [0.25, 0.3) is 0 Å². The Kier molecular flexibility index (Phi) is 4.55. The van der Waals surface area contributed by atoms with Crippen LogP contribution in [0.25, 0.3) is 0 Å². The first-order valence-electron chi connectivity index (χ1n) is 7.96. The molecule has 7 heteroatoms. The van der Waals surface area contributed by atoms with Gasteiger partial charge in [-0.3, -0.25) is 4.79 Å². The highest BCUT2D eigenvalue weighted by molar-refractivity contribution is 5.80. The van der Waals surface area contributed by atoms with Crippen molar-refractivity contribution in [2.45, 2.75) is 38.8 Å². The predicted molar refractivity (Wildman–Crippen MR) is 86.9 cm³/mol. The zero-order chi connectivity index (χ0) is 16.2. The van der Waals surface area contributed by atoms with E-state index < -0.39 is 0 Å². The maximum absolute atomic E-state index is 12.5. The Morgan fingerprint density at radius 1 is 1.30 bits per heavy atom. The Bertz CT molecular complexity index is 631. The van der Waals surface area contributed by atoms with Crippen molar-refractivity contribution in [2.75, 3.05) is 18.4 Å². The van der Waals surface area contributed by atoms with E-state index in [1.165, 1.54) is 0 Å². The van der Waals surface area contributed by atoms with Gasteiger partial charge in [0.05, 0.1) is 12.0 Å². The number of nitrogens with one attached hydrogen (secondary N) is 1. The normalized spacial score (nSPS) is 17.0. The average Bonchev–Trinajstić information content (AvgIpc) is 3.11. The number of hydrogen-bond acceptors (Lipinski definition) is 5. The van der Waals surface area contributed by atoms with Gasteiger partial charge in [-0.05, 0) is 38.8 Å². The Morgan fingerprint density at radius 2 is 2.09 bits per heavy atom. The monoisotopic (exact) mass is 314 g/mol. The highest BCUT2D eigenvalue weighted by atomic mass is 16.2. The van der Waals surface area contributed by atoms with Crippen LogP contribution in [0.2, 0.25) is 0 Å². The Morgan fingerprint density at radius 3 is 2.70 bits per heavy atom. The van der Waals surface area contributed by atoms with Crippen LogP contribution in [0.1, 0.15) is 31.5 Å². The number of imidazole rings is 1. The molecule has 2 aromatic heterocycles. The zero-order valence-corrected chi connectivity index (χ0v) is 13.5.